The highest BCUT2D eigenvalue weighted by Crippen LogP contribution is 2.48. The summed E-state index contributed by atoms with van der Waals surface area (Å²) in [5.41, 5.74) is 4.81. The van der Waals surface area contributed by atoms with E-state index < -0.39 is 6.04 Å². The Bertz CT molecular complexity index is 1650. The largest absolute Gasteiger partial charge is 0.464 e. The van der Waals surface area contributed by atoms with Gasteiger partial charge in [-0.1, -0.05) is 26.0 Å². The number of aryl methyl sites for hydroxylation is 1. The van der Waals surface area contributed by atoms with Gasteiger partial charge in [-0.05, 0) is 73.2 Å². The van der Waals surface area contributed by atoms with Crippen molar-refractivity contribution >= 4 is 34.0 Å². The van der Waals surface area contributed by atoms with E-state index in [1.54, 1.807) is 6.07 Å². The van der Waals surface area contributed by atoms with E-state index in [-0.39, 0.29) is 29.5 Å². The minimum Gasteiger partial charge on any atom is -0.464 e. The molecule has 7 nitrogen and oxygen atoms in total. The number of anilines is 2. The topological polar surface area (TPSA) is 90.4 Å². The van der Waals surface area contributed by atoms with E-state index in [0.29, 0.717) is 37.1 Å². The van der Waals surface area contributed by atoms with Gasteiger partial charge in [0.1, 0.15) is 23.4 Å². The van der Waals surface area contributed by atoms with Crippen LogP contribution < -0.4 is 15.5 Å². The SMILES string of the molecule is Cc1ccc(C2C3=C(CC(C)(C)CC3=O)Nc3ccccc3N2CC(=O)NCCc2c[nH]c3ccc(F)cc23)o1. The van der Waals surface area contributed by atoms with Crippen molar-refractivity contribution in [2.24, 2.45) is 5.41 Å². The van der Waals surface area contributed by atoms with Crippen molar-refractivity contribution in [2.45, 2.75) is 46.1 Å². The quantitative estimate of drug-likeness (QED) is 0.272. The van der Waals surface area contributed by atoms with Gasteiger partial charge in [0, 0.05) is 41.3 Å². The highest BCUT2D eigenvalue weighted by atomic mass is 19.1. The van der Waals surface area contributed by atoms with Crippen LogP contribution in [0.3, 0.4) is 0 Å². The number of amides is 1. The smallest absolute Gasteiger partial charge is 0.239 e. The molecule has 0 bridgehead atoms. The van der Waals surface area contributed by atoms with Crippen LogP contribution >= 0.6 is 0 Å². The first-order valence-corrected chi connectivity index (χ1v) is 13.7. The van der Waals surface area contributed by atoms with Crippen LogP contribution in [0.4, 0.5) is 15.8 Å². The molecule has 6 rings (SSSR count). The van der Waals surface area contributed by atoms with Gasteiger partial charge < -0.3 is 24.9 Å². The van der Waals surface area contributed by atoms with Crippen LogP contribution in [0.25, 0.3) is 10.9 Å². The Hall–Kier alpha value is -4.33. The number of para-hydroxylation sites is 2. The maximum atomic E-state index is 13.8. The van der Waals surface area contributed by atoms with Gasteiger partial charge in [-0.25, -0.2) is 4.39 Å². The van der Waals surface area contributed by atoms with E-state index in [0.717, 1.165) is 39.3 Å². The molecule has 1 unspecified atom stereocenters. The molecule has 2 aromatic carbocycles. The zero-order valence-electron chi connectivity index (χ0n) is 22.9. The molecule has 0 fully saturated rings. The molecule has 0 radical (unpaired) electrons. The van der Waals surface area contributed by atoms with Crippen LogP contribution in [0, 0.1) is 18.2 Å². The lowest BCUT2D eigenvalue weighted by Crippen LogP contribution is -2.42. The molecule has 0 saturated carbocycles. The number of nitrogens with zero attached hydrogens (tertiary/aromatic N) is 1. The summed E-state index contributed by atoms with van der Waals surface area (Å²) in [4.78, 5) is 32.3. The van der Waals surface area contributed by atoms with Gasteiger partial charge in [0.2, 0.25) is 5.91 Å². The molecule has 4 aromatic rings. The lowest BCUT2D eigenvalue weighted by Gasteiger charge is -2.36. The lowest BCUT2D eigenvalue weighted by atomic mass is 9.74. The molecule has 40 heavy (non-hydrogen) atoms. The van der Waals surface area contributed by atoms with Crippen molar-refractivity contribution < 1.29 is 18.4 Å². The van der Waals surface area contributed by atoms with Crippen molar-refractivity contribution in [3.8, 4) is 0 Å². The standard InChI is InChI=1S/C32H33FN4O3/c1-19-8-11-28(40-19)31-30-25(15-32(2,3)16-27(30)38)36-24-6-4-5-7-26(24)37(31)18-29(39)34-13-12-20-17-35-23-10-9-21(33)14-22(20)23/h4-11,14,17,31,35-36H,12-13,15-16,18H2,1-3H3,(H,34,39). The molecule has 2 aliphatic rings. The minimum absolute atomic E-state index is 0.0269. The fourth-order valence-electron chi connectivity index (χ4n) is 6.03. The van der Waals surface area contributed by atoms with Crippen molar-refractivity contribution in [1.82, 2.24) is 10.3 Å². The van der Waals surface area contributed by atoms with Crippen LogP contribution in [0.2, 0.25) is 0 Å². The number of hydrogen-bond donors (Lipinski definition) is 3. The number of aromatic nitrogens is 1. The number of rotatable bonds is 6. The molecule has 1 aliphatic heterocycles. The normalized spacial score (nSPS) is 18.2. The van der Waals surface area contributed by atoms with E-state index >= 15 is 0 Å². The van der Waals surface area contributed by atoms with Gasteiger partial charge in [0.25, 0.3) is 0 Å². The summed E-state index contributed by atoms with van der Waals surface area (Å²) in [6.45, 7) is 6.50. The first-order valence-electron chi connectivity index (χ1n) is 13.7. The molecule has 0 spiro atoms. The second-order valence-electron chi connectivity index (χ2n) is 11.6. The van der Waals surface area contributed by atoms with Crippen molar-refractivity contribution in [3.63, 3.8) is 0 Å². The molecule has 3 heterocycles. The second-order valence-corrected chi connectivity index (χ2v) is 11.6. The summed E-state index contributed by atoms with van der Waals surface area (Å²) in [7, 11) is 0. The number of ketones is 1. The van der Waals surface area contributed by atoms with E-state index in [2.05, 4.69) is 29.5 Å². The molecule has 206 valence electrons. The average molecular weight is 541 g/mol. The Labute approximate surface area is 232 Å². The molecular weight excluding hydrogens is 507 g/mol. The number of carbonyl (C=O) groups is 2. The Morgan fingerprint density at radius 2 is 1.98 bits per heavy atom. The molecule has 1 aliphatic carbocycles. The summed E-state index contributed by atoms with van der Waals surface area (Å²) in [6.07, 6.45) is 3.54. The Balaban J connectivity index is 1.31. The minimum atomic E-state index is -0.550. The van der Waals surface area contributed by atoms with Crippen LogP contribution in [-0.2, 0) is 16.0 Å². The van der Waals surface area contributed by atoms with E-state index in [9.17, 15) is 14.0 Å². The maximum absolute atomic E-state index is 13.8. The number of allylic oxidation sites excluding steroid dienone is 1. The number of hydrogen-bond acceptors (Lipinski definition) is 5. The molecule has 1 amide bonds. The van der Waals surface area contributed by atoms with Crippen LogP contribution in [0.15, 0.2) is 76.5 Å². The molecular formula is C32H33FN4O3. The van der Waals surface area contributed by atoms with Gasteiger partial charge in [-0.15, -0.1) is 0 Å². The zero-order valence-corrected chi connectivity index (χ0v) is 22.9. The predicted molar refractivity (Wildman–Crippen MR) is 154 cm³/mol. The van der Waals surface area contributed by atoms with E-state index in [1.807, 2.05) is 54.4 Å². The highest BCUT2D eigenvalue weighted by molar-refractivity contribution is 6.01. The fourth-order valence-corrected chi connectivity index (χ4v) is 6.03. The van der Waals surface area contributed by atoms with Crippen LogP contribution in [0.1, 0.15) is 49.8 Å². The van der Waals surface area contributed by atoms with Crippen molar-refractivity contribution in [3.05, 3.63) is 95.0 Å². The number of halogens is 1. The molecule has 3 N–H and O–H groups in total. The van der Waals surface area contributed by atoms with E-state index in [1.165, 1.54) is 12.1 Å². The average Bonchev–Trinajstić information content (AvgIpc) is 3.47. The summed E-state index contributed by atoms with van der Waals surface area (Å²) in [5.74, 6) is 0.958. The van der Waals surface area contributed by atoms with E-state index in [4.69, 9.17) is 4.42 Å². The third-order valence-corrected chi connectivity index (χ3v) is 7.79. The first kappa shape index (κ1) is 25.9. The fraction of sp³-hybridized carbons (Fsp3) is 0.312. The second kappa shape index (κ2) is 10.0. The number of fused-ring (bicyclic) bond motifs is 2. The van der Waals surface area contributed by atoms with Gasteiger partial charge in [0.05, 0.1) is 17.9 Å². The Morgan fingerprint density at radius 1 is 1.15 bits per heavy atom. The summed E-state index contributed by atoms with van der Waals surface area (Å²) in [6, 6.07) is 15.7. The number of carbonyl (C=O) groups excluding carboxylic acids is 2. The third kappa shape index (κ3) is 4.90. The number of nitrogens with one attached hydrogen (secondary N) is 3. The number of H-pyrrole nitrogens is 1. The summed E-state index contributed by atoms with van der Waals surface area (Å²) in [5, 5.41) is 7.40. The zero-order chi connectivity index (χ0) is 28.0. The monoisotopic (exact) mass is 540 g/mol. The number of benzene rings is 2. The molecule has 2 aromatic heterocycles. The van der Waals surface area contributed by atoms with Gasteiger partial charge in [-0.2, -0.15) is 0 Å². The first-order chi connectivity index (χ1) is 19.2. The lowest BCUT2D eigenvalue weighted by molar-refractivity contribution is -0.120. The van der Waals surface area contributed by atoms with Gasteiger partial charge in [-0.3, -0.25) is 9.59 Å². The molecule has 1 atom stereocenters. The van der Waals surface area contributed by atoms with Gasteiger partial charge >= 0.3 is 0 Å². The Kier molecular flexibility index (Phi) is 6.49. The van der Waals surface area contributed by atoms with Crippen LogP contribution in [-0.4, -0.2) is 29.8 Å². The maximum Gasteiger partial charge on any atom is 0.239 e. The summed E-state index contributed by atoms with van der Waals surface area (Å²) >= 11 is 0. The third-order valence-electron chi connectivity index (χ3n) is 7.79. The van der Waals surface area contributed by atoms with Crippen molar-refractivity contribution in [1.29, 1.82) is 0 Å². The predicted octanol–water partition coefficient (Wildman–Crippen LogP) is 6.18. The highest BCUT2D eigenvalue weighted by Gasteiger charge is 2.43. The summed E-state index contributed by atoms with van der Waals surface area (Å²) < 4.78 is 19.9. The Morgan fingerprint density at radius 3 is 2.77 bits per heavy atom. The number of Topliss-reactive ketones (excluding diaryl/α,β-unsaturated/α-hetero) is 1. The molecule has 0 saturated heterocycles. The molecule has 8 heteroatoms. The van der Waals surface area contributed by atoms with Crippen LogP contribution in [0.5, 0.6) is 0 Å². The number of furan rings is 1. The van der Waals surface area contributed by atoms with Crippen molar-refractivity contribution in [2.75, 3.05) is 23.3 Å². The number of aromatic amines is 1. The van der Waals surface area contributed by atoms with Gasteiger partial charge in [0.15, 0.2) is 5.78 Å².